The SMILES string of the molecule is CCNc1cccc(Sc2ccc(Br)cc2)n1. The second kappa shape index (κ2) is 6.07. The lowest BCUT2D eigenvalue weighted by Crippen LogP contribution is -1.98. The molecule has 0 aliphatic rings. The van der Waals surface area contributed by atoms with Gasteiger partial charge in [-0.2, -0.15) is 0 Å². The molecule has 0 radical (unpaired) electrons. The predicted molar refractivity (Wildman–Crippen MR) is 76.7 cm³/mol. The normalized spacial score (nSPS) is 10.2. The van der Waals surface area contributed by atoms with E-state index in [9.17, 15) is 0 Å². The van der Waals surface area contributed by atoms with Crippen LogP contribution in [0.4, 0.5) is 5.82 Å². The van der Waals surface area contributed by atoms with E-state index in [1.54, 1.807) is 11.8 Å². The monoisotopic (exact) mass is 308 g/mol. The Bertz CT molecular complexity index is 485. The molecule has 88 valence electrons. The van der Waals surface area contributed by atoms with Crippen molar-refractivity contribution >= 4 is 33.5 Å². The molecule has 0 saturated carbocycles. The fraction of sp³-hybridized carbons (Fsp3) is 0.154. The van der Waals surface area contributed by atoms with Gasteiger partial charge in [0.2, 0.25) is 0 Å². The first-order chi connectivity index (χ1) is 8.28. The van der Waals surface area contributed by atoms with E-state index in [-0.39, 0.29) is 0 Å². The summed E-state index contributed by atoms with van der Waals surface area (Å²) in [5, 5.41) is 4.22. The van der Waals surface area contributed by atoms with Gasteiger partial charge in [0, 0.05) is 15.9 Å². The van der Waals surface area contributed by atoms with Crippen LogP contribution >= 0.6 is 27.7 Å². The third-order valence-corrected chi connectivity index (χ3v) is 3.59. The zero-order valence-corrected chi connectivity index (χ0v) is 11.9. The Labute approximate surface area is 114 Å². The van der Waals surface area contributed by atoms with Gasteiger partial charge in [0.15, 0.2) is 0 Å². The molecule has 0 saturated heterocycles. The molecule has 0 bridgehead atoms. The Balaban J connectivity index is 2.12. The van der Waals surface area contributed by atoms with Gasteiger partial charge in [-0.1, -0.05) is 33.8 Å². The number of benzene rings is 1. The molecule has 1 aromatic heterocycles. The Kier molecular flexibility index (Phi) is 4.45. The number of halogens is 1. The van der Waals surface area contributed by atoms with Crippen molar-refractivity contribution in [1.29, 1.82) is 0 Å². The third kappa shape index (κ3) is 3.75. The summed E-state index contributed by atoms with van der Waals surface area (Å²) in [6, 6.07) is 14.3. The Morgan fingerprint density at radius 3 is 2.65 bits per heavy atom. The maximum atomic E-state index is 4.52. The predicted octanol–water partition coefficient (Wildman–Crippen LogP) is 4.43. The summed E-state index contributed by atoms with van der Waals surface area (Å²) in [5.41, 5.74) is 0. The van der Waals surface area contributed by atoms with Crippen LogP contribution in [0.15, 0.2) is 56.9 Å². The van der Waals surface area contributed by atoms with E-state index in [1.165, 1.54) is 4.90 Å². The van der Waals surface area contributed by atoms with Crippen LogP contribution in [0.3, 0.4) is 0 Å². The molecular weight excluding hydrogens is 296 g/mol. The average molecular weight is 309 g/mol. The minimum atomic E-state index is 0.888. The van der Waals surface area contributed by atoms with Gasteiger partial charge in [0.05, 0.1) is 0 Å². The van der Waals surface area contributed by atoms with E-state index in [0.717, 1.165) is 21.9 Å². The molecule has 0 aliphatic heterocycles. The van der Waals surface area contributed by atoms with Crippen LogP contribution in [-0.4, -0.2) is 11.5 Å². The van der Waals surface area contributed by atoms with Crippen LogP contribution in [0.25, 0.3) is 0 Å². The van der Waals surface area contributed by atoms with Crippen molar-refractivity contribution in [2.24, 2.45) is 0 Å². The van der Waals surface area contributed by atoms with E-state index in [2.05, 4.69) is 45.3 Å². The fourth-order valence-corrected chi connectivity index (χ4v) is 2.44. The zero-order valence-electron chi connectivity index (χ0n) is 9.48. The summed E-state index contributed by atoms with van der Waals surface area (Å²) < 4.78 is 1.09. The molecule has 1 N–H and O–H groups in total. The number of nitrogens with zero attached hydrogens (tertiary/aromatic N) is 1. The molecule has 0 aliphatic carbocycles. The highest BCUT2D eigenvalue weighted by molar-refractivity contribution is 9.10. The molecule has 0 fully saturated rings. The first-order valence-corrected chi connectivity index (χ1v) is 7.03. The second-order valence-electron chi connectivity index (χ2n) is 3.45. The molecule has 0 unspecified atom stereocenters. The largest absolute Gasteiger partial charge is 0.370 e. The number of anilines is 1. The maximum Gasteiger partial charge on any atom is 0.127 e. The second-order valence-corrected chi connectivity index (χ2v) is 5.46. The van der Waals surface area contributed by atoms with Crippen molar-refractivity contribution in [3.8, 4) is 0 Å². The molecule has 0 spiro atoms. The van der Waals surface area contributed by atoms with E-state index in [0.29, 0.717) is 0 Å². The summed E-state index contributed by atoms with van der Waals surface area (Å²) in [6.45, 7) is 2.95. The van der Waals surface area contributed by atoms with Crippen molar-refractivity contribution < 1.29 is 0 Å². The molecule has 4 heteroatoms. The molecule has 0 amide bonds. The van der Waals surface area contributed by atoms with Crippen LogP contribution < -0.4 is 5.32 Å². The summed E-state index contributed by atoms with van der Waals surface area (Å²) in [4.78, 5) is 5.71. The Morgan fingerprint density at radius 1 is 1.18 bits per heavy atom. The lowest BCUT2D eigenvalue weighted by molar-refractivity contribution is 1.08. The van der Waals surface area contributed by atoms with Crippen LogP contribution in [0, 0.1) is 0 Å². The first kappa shape index (κ1) is 12.5. The minimum absolute atomic E-state index is 0.888. The topological polar surface area (TPSA) is 24.9 Å². The molecule has 1 heterocycles. The highest BCUT2D eigenvalue weighted by Crippen LogP contribution is 2.27. The minimum Gasteiger partial charge on any atom is -0.370 e. The highest BCUT2D eigenvalue weighted by Gasteiger charge is 2.00. The van der Waals surface area contributed by atoms with Gasteiger partial charge >= 0.3 is 0 Å². The summed E-state index contributed by atoms with van der Waals surface area (Å²) in [7, 11) is 0. The van der Waals surface area contributed by atoms with Crippen molar-refractivity contribution in [2.45, 2.75) is 16.8 Å². The van der Waals surface area contributed by atoms with Crippen LogP contribution in [0.2, 0.25) is 0 Å². The number of aromatic nitrogens is 1. The quantitative estimate of drug-likeness (QED) is 0.904. The number of rotatable bonds is 4. The van der Waals surface area contributed by atoms with Gasteiger partial charge in [-0.3, -0.25) is 0 Å². The van der Waals surface area contributed by atoms with Crippen molar-refractivity contribution in [2.75, 3.05) is 11.9 Å². The Hall–Kier alpha value is -1.00. The molecule has 2 rings (SSSR count). The van der Waals surface area contributed by atoms with Crippen LogP contribution in [0.5, 0.6) is 0 Å². The summed E-state index contributed by atoms with van der Waals surface area (Å²) in [5.74, 6) is 0.926. The van der Waals surface area contributed by atoms with Crippen molar-refractivity contribution in [3.63, 3.8) is 0 Å². The van der Waals surface area contributed by atoms with Gasteiger partial charge in [-0.15, -0.1) is 0 Å². The van der Waals surface area contributed by atoms with Crippen molar-refractivity contribution in [3.05, 3.63) is 46.9 Å². The molecule has 0 atom stereocenters. The van der Waals surface area contributed by atoms with Crippen LogP contribution in [-0.2, 0) is 0 Å². The average Bonchev–Trinajstić information content (AvgIpc) is 2.33. The van der Waals surface area contributed by atoms with E-state index in [4.69, 9.17) is 0 Å². The van der Waals surface area contributed by atoms with Gasteiger partial charge in [0.25, 0.3) is 0 Å². The fourth-order valence-electron chi connectivity index (χ4n) is 1.37. The smallest absolute Gasteiger partial charge is 0.127 e. The van der Waals surface area contributed by atoms with Gasteiger partial charge in [-0.25, -0.2) is 4.98 Å². The zero-order chi connectivity index (χ0) is 12.1. The standard InChI is InChI=1S/C13H13BrN2S/c1-2-15-12-4-3-5-13(16-12)17-11-8-6-10(14)7-9-11/h3-9H,2H2,1H3,(H,15,16). The maximum absolute atomic E-state index is 4.52. The summed E-state index contributed by atoms with van der Waals surface area (Å²) in [6.07, 6.45) is 0. The van der Waals surface area contributed by atoms with E-state index < -0.39 is 0 Å². The van der Waals surface area contributed by atoms with E-state index in [1.807, 2.05) is 30.3 Å². The molecule has 1 aromatic carbocycles. The van der Waals surface area contributed by atoms with E-state index >= 15 is 0 Å². The lowest BCUT2D eigenvalue weighted by atomic mass is 10.4. The first-order valence-electron chi connectivity index (χ1n) is 5.42. The number of nitrogens with one attached hydrogen (secondary N) is 1. The van der Waals surface area contributed by atoms with Gasteiger partial charge in [0.1, 0.15) is 10.8 Å². The van der Waals surface area contributed by atoms with Crippen molar-refractivity contribution in [1.82, 2.24) is 4.98 Å². The highest BCUT2D eigenvalue weighted by atomic mass is 79.9. The van der Waals surface area contributed by atoms with Gasteiger partial charge in [-0.05, 0) is 43.3 Å². The number of hydrogen-bond acceptors (Lipinski definition) is 3. The Morgan fingerprint density at radius 2 is 1.94 bits per heavy atom. The third-order valence-electron chi connectivity index (χ3n) is 2.12. The molecule has 2 nitrogen and oxygen atoms in total. The molecule has 2 aromatic rings. The lowest BCUT2D eigenvalue weighted by Gasteiger charge is -2.05. The number of hydrogen-bond donors (Lipinski definition) is 1. The number of pyridine rings is 1. The molecule has 17 heavy (non-hydrogen) atoms. The molecular formula is C13H13BrN2S. The van der Waals surface area contributed by atoms with Crippen LogP contribution in [0.1, 0.15) is 6.92 Å². The van der Waals surface area contributed by atoms with Gasteiger partial charge < -0.3 is 5.32 Å². The summed E-state index contributed by atoms with van der Waals surface area (Å²) >= 11 is 5.09.